The summed E-state index contributed by atoms with van der Waals surface area (Å²) in [5.74, 6) is 0.852. The molecule has 0 aliphatic carbocycles. The highest BCUT2D eigenvalue weighted by Gasteiger charge is 2.29. The van der Waals surface area contributed by atoms with E-state index in [1.165, 1.54) is 16.2 Å². The molecule has 51 heavy (non-hydrogen) atoms. The minimum Gasteiger partial charge on any atom is -0.455 e. The largest absolute Gasteiger partial charge is 0.455 e. The molecule has 6 heteroatoms. The fraction of sp³-hybridized carbons (Fsp3) is 0.0444. The highest BCUT2D eigenvalue weighted by molar-refractivity contribution is 6.33. The zero-order valence-electron chi connectivity index (χ0n) is 27.5. The first-order valence-electron chi connectivity index (χ1n) is 17.4. The van der Waals surface area contributed by atoms with Crippen molar-refractivity contribution in [2.45, 2.75) is 12.5 Å². The van der Waals surface area contributed by atoms with Gasteiger partial charge in [-0.1, -0.05) is 115 Å². The van der Waals surface area contributed by atoms with Gasteiger partial charge in [0.1, 0.15) is 23.2 Å². The number of hydrogen-bond donors (Lipinski definition) is 2. The van der Waals surface area contributed by atoms with E-state index >= 15 is 0 Å². The number of nitrogens with zero attached hydrogens (tertiary/aromatic N) is 3. The number of aromatic nitrogens is 2. The molecule has 0 amide bonds. The van der Waals surface area contributed by atoms with E-state index in [-0.39, 0.29) is 12.5 Å². The van der Waals surface area contributed by atoms with Crippen molar-refractivity contribution in [1.29, 1.82) is 0 Å². The fourth-order valence-electron chi connectivity index (χ4n) is 8.21. The van der Waals surface area contributed by atoms with Crippen LogP contribution < -0.4 is 10.6 Å². The Bertz CT molecular complexity index is 2970. The van der Waals surface area contributed by atoms with E-state index in [9.17, 15) is 0 Å². The van der Waals surface area contributed by atoms with Crippen molar-refractivity contribution >= 4 is 71.4 Å². The van der Waals surface area contributed by atoms with E-state index in [1.54, 1.807) is 0 Å². The van der Waals surface area contributed by atoms with Crippen LogP contribution in [-0.4, -0.2) is 15.0 Å². The van der Waals surface area contributed by atoms with E-state index in [0.717, 1.165) is 72.0 Å². The third-order valence-electron chi connectivity index (χ3n) is 10.4. The topological polar surface area (TPSA) is 59.4 Å². The Kier molecular flexibility index (Phi) is 6.05. The zero-order valence-corrected chi connectivity index (χ0v) is 27.5. The molecular formula is C45H31N5O. The highest BCUT2D eigenvalue weighted by Crippen LogP contribution is 2.46. The third-order valence-corrected chi connectivity index (χ3v) is 10.4. The van der Waals surface area contributed by atoms with Crippen molar-refractivity contribution in [1.82, 2.24) is 19.8 Å². The molecule has 1 aliphatic heterocycles. The summed E-state index contributed by atoms with van der Waals surface area (Å²) >= 11 is 0. The Morgan fingerprint density at radius 3 is 1.98 bits per heavy atom. The summed E-state index contributed by atoms with van der Waals surface area (Å²) in [6, 6.07) is 57.6. The van der Waals surface area contributed by atoms with Crippen LogP contribution in [0.1, 0.15) is 23.6 Å². The molecule has 2 unspecified atom stereocenters. The van der Waals surface area contributed by atoms with Gasteiger partial charge >= 0.3 is 0 Å². The van der Waals surface area contributed by atoms with Crippen LogP contribution in [-0.2, 0) is 0 Å². The van der Waals surface area contributed by atoms with Gasteiger partial charge in [-0.3, -0.25) is 5.32 Å². The molecule has 0 saturated carbocycles. The van der Waals surface area contributed by atoms with Gasteiger partial charge in [0.25, 0.3) is 0 Å². The number of rotatable bonds is 4. The number of hydrogen-bond acceptors (Lipinski definition) is 4. The molecule has 0 spiro atoms. The van der Waals surface area contributed by atoms with Crippen molar-refractivity contribution in [3.8, 4) is 5.69 Å². The molecule has 0 bridgehead atoms. The molecule has 10 aromatic rings. The van der Waals surface area contributed by atoms with Gasteiger partial charge in [0.05, 0.1) is 27.5 Å². The van der Waals surface area contributed by atoms with Crippen LogP contribution in [0.15, 0.2) is 173 Å². The molecule has 0 radical (unpaired) electrons. The average molecular weight is 658 g/mol. The molecular weight excluding hydrogens is 627 g/mol. The molecule has 2 atom stereocenters. The maximum absolute atomic E-state index is 6.77. The normalized spacial score (nSPS) is 16.4. The predicted molar refractivity (Wildman–Crippen MR) is 209 cm³/mol. The smallest absolute Gasteiger partial charge is 0.184 e. The third kappa shape index (κ3) is 4.17. The lowest BCUT2D eigenvalue weighted by Crippen LogP contribution is -2.46. The van der Waals surface area contributed by atoms with Gasteiger partial charge in [-0.05, 0) is 54.1 Å². The Morgan fingerprint density at radius 1 is 0.510 bits per heavy atom. The van der Waals surface area contributed by atoms with E-state index < -0.39 is 0 Å². The van der Waals surface area contributed by atoms with Gasteiger partial charge in [0.15, 0.2) is 6.29 Å². The van der Waals surface area contributed by atoms with E-state index in [0.29, 0.717) is 0 Å². The van der Waals surface area contributed by atoms with Crippen LogP contribution in [0.5, 0.6) is 0 Å². The standard InChI is InChI=1S/C45H31N5O/c1-4-14-28(15-5-1)43-46-44(29-16-6-2-7-17-29)48-45(47-43)50-34-22-12-10-21-33(34)39-35(50)26-27-36-40(39)41-37(49(36)30-18-8-3-9-19-30)25-24-32-31-20-11-13-23-38(31)51-42(32)41/h1-27,43,45,47H,(H,46,48). The zero-order chi connectivity index (χ0) is 33.5. The number of amidine groups is 1. The van der Waals surface area contributed by atoms with Gasteiger partial charge in [0.2, 0.25) is 0 Å². The summed E-state index contributed by atoms with van der Waals surface area (Å²) in [6.07, 6.45) is -0.542. The molecule has 11 rings (SSSR count). The minimum absolute atomic E-state index is 0.154. The van der Waals surface area contributed by atoms with E-state index in [1.807, 2.05) is 12.1 Å². The minimum atomic E-state index is -0.389. The summed E-state index contributed by atoms with van der Waals surface area (Å²) in [7, 11) is 0. The molecule has 6 nitrogen and oxygen atoms in total. The van der Waals surface area contributed by atoms with Crippen LogP contribution >= 0.6 is 0 Å². The Morgan fingerprint density at radius 2 is 1.16 bits per heavy atom. The van der Waals surface area contributed by atoms with Gasteiger partial charge in [-0.15, -0.1) is 0 Å². The summed E-state index contributed by atoms with van der Waals surface area (Å²) < 4.78 is 11.5. The average Bonchev–Trinajstić information content (AvgIpc) is 3.86. The van der Waals surface area contributed by atoms with Crippen molar-refractivity contribution in [2.75, 3.05) is 0 Å². The Labute approximate surface area is 292 Å². The van der Waals surface area contributed by atoms with Crippen molar-refractivity contribution < 1.29 is 4.42 Å². The van der Waals surface area contributed by atoms with Crippen molar-refractivity contribution in [3.05, 3.63) is 175 Å². The summed E-state index contributed by atoms with van der Waals surface area (Å²) in [5, 5.41) is 14.4. The number of benzene rings is 7. The second-order valence-corrected chi connectivity index (χ2v) is 13.2. The lowest BCUT2D eigenvalue weighted by Gasteiger charge is -2.33. The maximum atomic E-state index is 6.77. The SMILES string of the molecule is c1ccc(C2=NC(n3c4ccccc4c4c5c6c7oc8ccccc8c7ccc6n(-c6ccccc6)c5ccc43)NC(c3ccccc3)N2)cc1. The van der Waals surface area contributed by atoms with Crippen LogP contribution in [0.3, 0.4) is 0 Å². The number of nitrogens with one attached hydrogen (secondary N) is 2. The maximum Gasteiger partial charge on any atom is 0.184 e. The van der Waals surface area contributed by atoms with Crippen LogP contribution in [0.2, 0.25) is 0 Å². The van der Waals surface area contributed by atoms with Gasteiger partial charge in [-0.2, -0.15) is 0 Å². The van der Waals surface area contributed by atoms with Gasteiger partial charge < -0.3 is 18.9 Å². The molecule has 4 heterocycles. The lowest BCUT2D eigenvalue weighted by atomic mass is 10.0. The Balaban J connectivity index is 1.26. The van der Waals surface area contributed by atoms with Gasteiger partial charge in [0, 0.05) is 38.2 Å². The molecule has 1 aliphatic rings. The van der Waals surface area contributed by atoms with Gasteiger partial charge in [-0.25, -0.2) is 4.99 Å². The molecule has 7 aromatic carbocycles. The first-order chi connectivity index (χ1) is 25.3. The molecule has 0 saturated heterocycles. The van der Waals surface area contributed by atoms with E-state index in [2.05, 4.69) is 171 Å². The summed E-state index contributed by atoms with van der Waals surface area (Å²) in [6.45, 7) is 0. The molecule has 242 valence electrons. The van der Waals surface area contributed by atoms with Crippen LogP contribution in [0, 0.1) is 0 Å². The van der Waals surface area contributed by atoms with E-state index in [4.69, 9.17) is 9.41 Å². The second-order valence-electron chi connectivity index (χ2n) is 13.2. The first kappa shape index (κ1) is 28.2. The highest BCUT2D eigenvalue weighted by atomic mass is 16.3. The molecule has 3 aromatic heterocycles. The Hall–Kier alpha value is -6.63. The van der Waals surface area contributed by atoms with Crippen molar-refractivity contribution in [2.24, 2.45) is 4.99 Å². The fourth-order valence-corrected chi connectivity index (χ4v) is 8.21. The monoisotopic (exact) mass is 657 g/mol. The number of furan rings is 1. The molecule has 0 fully saturated rings. The first-order valence-corrected chi connectivity index (χ1v) is 17.4. The summed E-state index contributed by atoms with van der Waals surface area (Å²) in [4.78, 5) is 5.38. The molecule has 2 N–H and O–H groups in total. The van der Waals surface area contributed by atoms with Crippen molar-refractivity contribution in [3.63, 3.8) is 0 Å². The van der Waals surface area contributed by atoms with Crippen LogP contribution in [0.25, 0.3) is 71.2 Å². The summed E-state index contributed by atoms with van der Waals surface area (Å²) in [5.41, 5.74) is 9.56. The second kappa shape index (κ2) is 10.9. The van der Waals surface area contributed by atoms with Crippen LogP contribution in [0.4, 0.5) is 0 Å². The predicted octanol–water partition coefficient (Wildman–Crippen LogP) is 10.6. The quantitative estimate of drug-likeness (QED) is 0.198. The number of para-hydroxylation sites is 3. The number of fused-ring (bicyclic) bond motifs is 11. The lowest BCUT2D eigenvalue weighted by molar-refractivity contribution is 0.341. The number of aliphatic imine (C=N–C) groups is 1.